The van der Waals surface area contributed by atoms with E-state index in [9.17, 15) is 0 Å². The van der Waals surface area contributed by atoms with Crippen molar-refractivity contribution in [1.29, 1.82) is 0 Å². The molecule has 0 amide bonds. The lowest BCUT2D eigenvalue weighted by atomic mass is 9.65. The molecule has 0 bridgehead atoms. The van der Waals surface area contributed by atoms with Crippen LogP contribution in [-0.2, 0) is 0 Å². The average molecular weight is 232 g/mol. The van der Waals surface area contributed by atoms with Crippen LogP contribution in [0.5, 0.6) is 0 Å². The standard InChI is InChI=1S/C17H28/c1-13(2)12-16(17(5,6)14(3)4)15-10-8-7-9-11-15/h7-11,13-14,16H,12H2,1-6H3. The Bertz CT molecular complexity index is 319. The second-order valence-corrected chi connectivity index (χ2v) is 6.57. The fraction of sp³-hybridized carbons (Fsp3) is 0.647. The van der Waals surface area contributed by atoms with Crippen LogP contribution in [0.15, 0.2) is 30.3 Å². The van der Waals surface area contributed by atoms with Crippen LogP contribution < -0.4 is 0 Å². The molecule has 1 atom stereocenters. The van der Waals surface area contributed by atoms with Crippen LogP contribution in [0.25, 0.3) is 0 Å². The van der Waals surface area contributed by atoms with Crippen molar-refractivity contribution in [2.24, 2.45) is 17.3 Å². The second kappa shape index (κ2) is 5.71. The monoisotopic (exact) mass is 232 g/mol. The summed E-state index contributed by atoms with van der Waals surface area (Å²) >= 11 is 0. The van der Waals surface area contributed by atoms with Gasteiger partial charge >= 0.3 is 0 Å². The highest BCUT2D eigenvalue weighted by Crippen LogP contribution is 2.44. The summed E-state index contributed by atoms with van der Waals surface area (Å²) in [5, 5.41) is 0. The Morgan fingerprint density at radius 3 is 1.88 bits per heavy atom. The van der Waals surface area contributed by atoms with Gasteiger partial charge in [-0.15, -0.1) is 0 Å². The van der Waals surface area contributed by atoms with E-state index in [0.717, 1.165) is 5.92 Å². The molecule has 0 N–H and O–H groups in total. The van der Waals surface area contributed by atoms with E-state index in [0.29, 0.717) is 17.3 Å². The van der Waals surface area contributed by atoms with Gasteiger partial charge in [0.1, 0.15) is 0 Å². The fourth-order valence-electron chi connectivity index (χ4n) is 2.43. The Morgan fingerprint density at radius 1 is 0.941 bits per heavy atom. The molecule has 0 heterocycles. The summed E-state index contributed by atoms with van der Waals surface area (Å²) in [6.07, 6.45) is 1.27. The van der Waals surface area contributed by atoms with Crippen LogP contribution in [0.3, 0.4) is 0 Å². The quantitative estimate of drug-likeness (QED) is 0.629. The van der Waals surface area contributed by atoms with Crippen molar-refractivity contribution < 1.29 is 0 Å². The van der Waals surface area contributed by atoms with Gasteiger partial charge in [0.25, 0.3) is 0 Å². The van der Waals surface area contributed by atoms with Crippen molar-refractivity contribution in [2.45, 2.75) is 53.9 Å². The van der Waals surface area contributed by atoms with Gasteiger partial charge in [0, 0.05) is 0 Å². The maximum atomic E-state index is 2.41. The molecule has 96 valence electrons. The highest BCUT2D eigenvalue weighted by Gasteiger charge is 2.33. The molecule has 1 aromatic rings. The van der Waals surface area contributed by atoms with Gasteiger partial charge in [-0.2, -0.15) is 0 Å². The molecule has 0 saturated heterocycles. The molecule has 1 rings (SSSR count). The SMILES string of the molecule is CC(C)CC(c1ccccc1)C(C)(C)C(C)C. The molecule has 0 spiro atoms. The summed E-state index contributed by atoms with van der Waals surface area (Å²) in [6, 6.07) is 11.0. The number of hydrogen-bond donors (Lipinski definition) is 0. The highest BCUT2D eigenvalue weighted by molar-refractivity contribution is 5.22. The molecular weight excluding hydrogens is 204 g/mol. The molecule has 0 nitrogen and oxygen atoms in total. The van der Waals surface area contributed by atoms with Gasteiger partial charge in [0.05, 0.1) is 0 Å². The van der Waals surface area contributed by atoms with Crippen LogP contribution in [-0.4, -0.2) is 0 Å². The van der Waals surface area contributed by atoms with Gasteiger partial charge in [0.2, 0.25) is 0 Å². The Balaban J connectivity index is 3.04. The summed E-state index contributed by atoms with van der Waals surface area (Å²) in [7, 11) is 0. The summed E-state index contributed by atoms with van der Waals surface area (Å²) in [5.74, 6) is 2.10. The zero-order valence-corrected chi connectivity index (χ0v) is 12.3. The summed E-state index contributed by atoms with van der Waals surface area (Å²) in [5.41, 5.74) is 1.85. The van der Waals surface area contributed by atoms with Gasteiger partial charge in [-0.1, -0.05) is 71.9 Å². The lowest BCUT2D eigenvalue weighted by Crippen LogP contribution is -2.29. The second-order valence-electron chi connectivity index (χ2n) is 6.57. The molecule has 0 aromatic heterocycles. The van der Waals surface area contributed by atoms with Crippen molar-refractivity contribution in [1.82, 2.24) is 0 Å². The summed E-state index contributed by atoms with van der Waals surface area (Å²) in [6.45, 7) is 14.2. The molecule has 0 radical (unpaired) electrons. The van der Waals surface area contributed by atoms with E-state index in [-0.39, 0.29) is 0 Å². The smallest absolute Gasteiger partial charge is 0.0106 e. The zero-order chi connectivity index (χ0) is 13.1. The Labute approximate surface area is 107 Å². The number of rotatable bonds is 5. The van der Waals surface area contributed by atoms with Gasteiger partial charge in [-0.05, 0) is 35.2 Å². The van der Waals surface area contributed by atoms with Crippen molar-refractivity contribution in [3.05, 3.63) is 35.9 Å². The zero-order valence-electron chi connectivity index (χ0n) is 12.3. The van der Waals surface area contributed by atoms with E-state index in [1.807, 2.05) is 0 Å². The molecule has 1 aromatic carbocycles. The van der Waals surface area contributed by atoms with Crippen molar-refractivity contribution in [3.63, 3.8) is 0 Å². The topological polar surface area (TPSA) is 0 Å². The van der Waals surface area contributed by atoms with Crippen LogP contribution in [0, 0.1) is 17.3 Å². The third-order valence-corrected chi connectivity index (χ3v) is 4.30. The van der Waals surface area contributed by atoms with Crippen LogP contribution >= 0.6 is 0 Å². The minimum Gasteiger partial charge on any atom is -0.0628 e. The van der Waals surface area contributed by atoms with Gasteiger partial charge in [-0.25, -0.2) is 0 Å². The van der Waals surface area contributed by atoms with Gasteiger partial charge in [0.15, 0.2) is 0 Å². The van der Waals surface area contributed by atoms with E-state index in [1.165, 1.54) is 12.0 Å². The highest BCUT2D eigenvalue weighted by atomic mass is 14.4. The molecule has 1 unspecified atom stereocenters. The Kier molecular flexibility index (Phi) is 4.80. The summed E-state index contributed by atoms with van der Waals surface area (Å²) < 4.78 is 0. The first-order valence-electron chi connectivity index (χ1n) is 6.90. The van der Waals surface area contributed by atoms with Crippen LogP contribution in [0.1, 0.15) is 59.4 Å². The molecule has 0 aliphatic heterocycles. The first-order valence-corrected chi connectivity index (χ1v) is 6.90. The van der Waals surface area contributed by atoms with Crippen molar-refractivity contribution in [2.75, 3.05) is 0 Å². The van der Waals surface area contributed by atoms with Gasteiger partial charge in [-0.3, -0.25) is 0 Å². The predicted molar refractivity (Wildman–Crippen MR) is 77.3 cm³/mol. The maximum absolute atomic E-state index is 2.41. The molecule has 0 aliphatic carbocycles. The Morgan fingerprint density at radius 2 is 1.47 bits per heavy atom. The van der Waals surface area contributed by atoms with Gasteiger partial charge < -0.3 is 0 Å². The lowest BCUT2D eigenvalue weighted by molar-refractivity contribution is 0.173. The van der Waals surface area contributed by atoms with E-state index >= 15 is 0 Å². The first-order chi connectivity index (χ1) is 7.85. The fourth-order valence-corrected chi connectivity index (χ4v) is 2.43. The lowest BCUT2D eigenvalue weighted by Gasteiger charge is -2.39. The minimum absolute atomic E-state index is 0.353. The van der Waals surface area contributed by atoms with E-state index in [2.05, 4.69) is 71.9 Å². The molecule has 17 heavy (non-hydrogen) atoms. The van der Waals surface area contributed by atoms with Crippen LogP contribution in [0.4, 0.5) is 0 Å². The van der Waals surface area contributed by atoms with E-state index < -0.39 is 0 Å². The maximum Gasteiger partial charge on any atom is -0.0106 e. The third-order valence-electron chi connectivity index (χ3n) is 4.30. The number of benzene rings is 1. The predicted octanol–water partition coefficient (Wildman–Crippen LogP) is 5.50. The van der Waals surface area contributed by atoms with Crippen molar-refractivity contribution >= 4 is 0 Å². The van der Waals surface area contributed by atoms with Crippen molar-refractivity contribution in [3.8, 4) is 0 Å². The van der Waals surface area contributed by atoms with Crippen LogP contribution in [0.2, 0.25) is 0 Å². The third kappa shape index (κ3) is 3.59. The molecule has 0 heteroatoms. The number of hydrogen-bond acceptors (Lipinski definition) is 0. The largest absolute Gasteiger partial charge is 0.0628 e. The van der Waals surface area contributed by atoms with E-state index in [4.69, 9.17) is 0 Å². The molecule has 0 aliphatic rings. The Hall–Kier alpha value is -0.780. The van der Waals surface area contributed by atoms with E-state index in [1.54, 1.807) is 0 Å². The summed E-state index contributed by atoms with van der Waals surface area (Å²) in [4.78, 5) is 0. The molecular formula is C17H28. The molecule has 0 fully saturated rings. The molecule has 0 saturated carbocycles. The minimum atomic E-state index is 0.353. The first kappa shape index (κ1) is 14.3. The average Bonchev–Trinajstić information content (AvgIpc) is 2.26. The normalized spacial score (nSPS) is 14.4.